The van der Waals surface area contributed by atoms with E-state index in [1.165, 1.54) is 19.3 Å². The van der Waals surface area contributed by atoms with Crippen LogP contribution < -0.4 is 10.6 Å². The number of nitrogens with zero attached hydrogens (tertiary/aromatic N) is 1. The fraction of sp³-hybridized carbons (Fsp3) is 0.900. The molecule has 1 aliphatic rings. The van der Waals surface area contributed by atoms with Gasteiger partial charge in [0.1, 0.15) is 0 Å². The maximum Gasteiger partial charge on any atom is 0.316 e. The lowest BCUT2D eigenvalue weighted by molar-refractivity contribution is 0.200. The number of carbonyl (C=O) groups excluding carboxylic acids is 1. The molecule has 0 bridgehead atoms. The Hall–Kier alpha value is -0.770. The first-order valence-electron chi connectivity index (χ1n) is 5.37. The average molecular weight is 199 g/mol. The molecule has 0 aromatic carbocycles. The van der Waals surface area contributed by atoms with Gasteiger partial charge in [0.15, 0.2) is 0 Å². The molecule has 0 saturated carbocycles. The highest BCUT2D eigenvalue weighted by Crippen LogP contribution is 2.14. The third-order valence-electron chi connectivity index (χ3n) is 2.79. The van der Waals surface area contributed by atoms with Crippen LogP contribution in [-0.4, -0.2) is 44.7 Å². The molecule has 0 radical (unpaired) electrons. The van der Waals surface area contributed by atoms with Crippen molar-refractivity contribution in [3.05, 3.63) is 0 Å². The Morgan fingerprint density at radius 3 is 3.00 bits per heavy atom. The Morgan fingerprint density at radius 2 is 2.29 bits per heavy atom. The number of urea groups is 1. The predicted octanol–water partition coefficient (Wildman–Crippen LogP) is 0.647. The summed E-state index contributed by atoms with van der Waals surface area (Å²) < 4.78 is 0. The number of amides is 2. The molecule has 1 fully saturated rings. The van der Waals surface area contributed by atoms with E-state index in [1.54, 1.807) is 11.9 Å². The zero-order chi connectivity index (χ0) is 10.4. The summed E-state index contributed by atoms with van der Waals surface area (Å²) in [5.41, 5.74) is 0. The lowest BCUT2D eigenvalue weighted by Crippen LogP contribution is -2.38. The fourth-order valence-electron chi connectivity index (χ4n) is 1.93. The minimum atomic E-state index is 0.0159. The Bertz CT molecular complexity index is 176. The molecule has 1 saturated heterocycles. The van der Waals surface area contributed by atoms with Crippen LogP contribution in [0.15, 0.2) is 0 Å². The zero-order valence-electron chi connectivity index (χ0n) is 9.18. The monoisotopic (exact) mass is 199 g/mol. The van der Waals surface area contributed by atoms with Crippen LogP contribution in [0, 0.1) is 5.92 Å². The van der Waals surface area contributed by atoms with Crippen molar-refractivity contribution in [2.75, 3.05) is 33.7 Å². The molecular weight excluding hydrogens is 178 g/mol. The zero-order valence-corrected chi connectivity index (χ0v) is 9.18. The second kappa shape index (κ2) is 5.86. The normalized spacial score (nSPS) is 22.6. The first-order valence-corrected chi connectivity index (χ1v) is 5.37. The van der Waals surface area contributed by atoms with Crippen LogP contribution in [0.4, 0.5) is 4.79 Å². The van der Waals surface area contributed by atoms with Crippen LogP contribution in [0.3, 0.4) is 0 Å². The Labute approximate surface area is 86.0 Å². The summed E-state index contributed by atoms with van der Waals surface area (Å²) in [6.07, 6.45) is 3.64. The second-order valence-electron chi connectivity index (χ2n) is 3.98. The van der Waals surface area contributed by atoms with Crippen LogP contribution in [0.25, 0.3) is 0 Å². The molecule has 1 heterocycles. The Morgan fingerprint density at radius 1 is 1.50 bits per heavy atom. The highest BCUT2D eigenvalue weighted by molar-refractivity contribution is 5.73. The minimum absolute atomic E-state index is 0.0159. The SMILES string of the molecule is CNC(=O)N(C)CC1CCCNCC1. The molecule has 0 aromatic heterocycles. The lowest BCUT2D eigenvalue weighted by Gasteiger charge is -2.22. The van der Waals surface area contributed by atoms with Crippen molar-refractivity contribution in [2.45, 2.75) is 19.3 Å². The van der Waals surface area contributed by atoms with E-state index in [-0.39, 0.29) is 6.03 Å². The summed E-state index contributed by atoms with van der Waals surface area (Å²) in [5, 5.41) is 6.02. The van der Waals surface area contributed by atoms with Gasteiger partial charge in [0.25, 0.3) is 0 Å². The number of carbonyl (C=O) groups is 1. The van der Waals surface area contributed by atoms with E-state index in [9.17, 15) is 4.79 Å². The number of hydrogen-bond donors (Lipinski definition) is 2. The van der Waals surface area contributed by atoms with Gasteiger partial charge in [-0.2, -0.15) is 0 Å². The van der Waals surface area contributed by atoms with E-state index in [2.05, 4.69) is 10.6 Å². The quantitative estimate of drug-likeness (QED) is 0.686. The van der Waals surface area contributed by atoms with E-state index < -0.39 is 0 Å². The molecular formula is C10H21N3O. The summed E-state index contributed by atoms with van der Waals surface area (Å²) in [6.45, 7) is 3.09. The highest BCUT2D eigenvalue weighted by Gasteiger charge is 2.16. The van der Waals surface area contributed by atoms with Crippen LogP contribution in [0.5, 0.6) is 0 Å². The van der Waals surface area contributed by atoms with Crippen molar-refractivity contribution < 1.29 is 4.79 Å². The molecule has 82 valence electrons. The molecule has 14 heavy (non-hydrogen) atoms. The topological polar surface area (TPSA) is 44.4 Å². The van der Waals surface area contributed by atoms with Gasteiger partial charge in [-0.1, -0.05) is 0 Å². The third kappa shape index (κ3) is 3.54. The van der Waals surface area contributed by atoms with Crippen molar-refractivity contribution in [2.24, 2.45) is 5.92 Å². The average Bonchev–Trinajstić information content (AvgIpc) is 2.45. The van der Waals surface area contributed by atoms with Gasteiger partial charge in [-0.3, -0.25) is 0 Å². The molecule has 1 aliphatic heterocycles. The molecule has 0 aliphatic carbocycles. The van der Waals surface area contributed by atoms with Crippen LogP contribution in [0.2, 0.25) is 0 Å². The van der Waals surface area contributed by atoms with Gasteiger partial charge in [0.2, 0.25) is 0 Å². The summed E-state index contributed by atoms with van der Waals surface area (Å²) in [6, 6.07) is 0.0159. The first-order chi connectivity index (χ1) is 6.74. The summed E-state index contributed by atoms with van der Waals surface area (Å²) >= 11 is 0. The van der Waals surface area contributed by atoms with Crippen LogP contribution in [-0.2, 0) is 0 Å². The van der Waals surface area contributed by atoms with Crippen molar-refractivity contribution >= 4 is 6.03 Å². The molecule has 2 amide bonds. The summed E-state index contributed by atoms with van der Waals surface area (Å²) in [7, 11) is 3.53. The van der Waals surface area contributed by atoms with Gasteiger partial charge in [-0.15, -0.1) is 0 Å². The molecule has 4 nitrogen and oxygen atoms in total. The van der Waals surface area contributed by atoms with E-state index in [1.807, 2.05) is 7.05 Å². The predicted molar refractivity (Wildman–Crippen MR) is 57.3 cm³/mol. The Balaban J connectivity index is 2.30. The Kier molecular flexibility index (Phi) is 4.73. The number of rotatable bonds is 2. The van der Waals surface area contributed by atoms with Crippen LogP contribution in [0.1, 0.15) is 19.3 Å². The van der Waals surface area contributed by atoms with E-state index in [4.69, 9.17) is 0 Å². The molecule has 0 spiro atoms. The molecule has 0 aromatic rings. The summed E-state index contributed by atoms with van der Waals surface area (Å²) in [4.78, 5) is 13.0. The van der Waals surface area contributed by atoms with Crippen LogP contribution >= 0.6 is 0 Å². The standard InChI is InChI=1S/C10H21N3O/c1-11-10(14)13(2)8-9-4-3-6-12-7-5-9/h9,12H,3-8H2,1-2H3,(H,11,14). The van der Waals surface area contributed by atoms with Crippen molar-refractivity contribution in [1.82, 2.24) is 15.5 Å². The van der Waals surface area contributed by atoms with Gasteiger partial charge < -0.3 is 15.5 Å². The lowest BCUT2D eigenvalue weighted by atomic mass is 10.0. The molecule has 1 unspecified atom stereocenters. The highest BCUT2D eigenvalue weighted by atomic mass is 16.2. The fourth-order valence-corrected chi connectivity index (χ4v) is 1.93. The number of hydrogen-bond acceptors (Lipinski definition) is 2. The molecule has 1 atom stereocenters. The number of nitrogens with one attached hydrogen (secondary N) is 2. The van der Waals surface area contributed by atoms with Gasteiger partial charge in [0.05, 0.1) is 0 Å². The van der Waals surface area contributed by atoms with Crippen molar-refractivity contribution in [1.29, 1.82) is 0 Å². The van der Waals surface area contributed by atoms with E-state index in [0.29, 0.717) is 5.92 Å². The maximum atomic E-state index is 11.3. The second-order valence-corrected chi connectivity index (χ2v) is 3.98. The molecule has 4 heteroatoms. The van der Waals surface area contributed by atoms with Crippen molar-refractivity contribution in [3.8, 4) is 0 Å². The van der Waals surface area contributed by atoms with Gasteiger partial charge >= 0.3 is 6.03 Å². The third-order valence-corrected chi connectivity index (χ3v) is 2.79. The first kappa shape index (κ1) is 11.3. The minimum Gasteiger partial charge on any atom is -0.341 e. The van der Waals surface area contributed by atoms with Gasteiger partial charge in [0, 0.05) is 20.6 Å². The molecule has 2 N–H and O–H groups in total. The van der Waals surface area contributed by atoms with Crippen molar-refractivity contribution in [3.63, 3.8) is 0 Å². The smallest absolute Gasteiger partial charge is 0.316 e. The maximum absolute atomic E-state index is 11.3. The van der Waals surface area contributed by atoms with E-state index in [0.717, 1.165) is 19.6 Å². The van der Waals surface area contributed by atoms with E-state index >= 15 is 0 Å². The van der Waals surface area contributed by atoms with Gasteiger partial charge in [-0.05, 0) is 38.3 Å². The molecule has 1 rings (SSSR count). The summed E-state index contributed by atoms with van der Waals surface area (Å²) in [5.74, 6) is 0.660. The largest absolute Gasteiger partial charge is 0.341 e. The van der Waals surface area contributed by atoms with Gasteiger partial charge in [-0.25, -0.2) is 4.79 Å².